The molecule has 1 saturated heterocycles. The van der Waals surface area contributed by atoms with Crippen LogP contribution in [0.1, 0.15) is 24.0 Å². The van der Waals surface area contributed by atoms with Crippen molar-refractivity contribution < 1.29 is 4.42 Å². The van der Waals surface area contributed by atoms with Crippen molar-refractivity contribution in [2.45, 2.75) is 25.7 Å². The first-order valence-corrected chi connectivity index (χ1v) is 9.41. The van der Waals surface area contributed by atoms with Gasteiger partial charge >= 0.3 is 5.63 Å². The largest absolute Gasteiger partial charge is 0.422 e. The summed E-state index contributed by atoms with van der Waals surface area (Å²) in [7, 11) is 0. The van der Waals surface area contributed by atoms with Gasteiger partial charge in [-0.3, -0.25) is 0 Å². The van der Waals surface area contributed by atoms with Crippen molar-refractivity contribution >= 4 is 5.69 Å². The Morgan fingerprint density at radius 3 is 2.38 bits per heavy atom. The molecule has 0 spiro atoms. The van der Waals surface area contributed by atoms with Crippen LogP contribution < -0.4 is 10.5 Å². The van der Waals surface area contributed by atoms with Gasteiger partial charge in [-0.15, -0.1) is 0 Å². The molecule has 0 amide bonds. The third kappa shape index (κ3) is 2.38. The highest BCUT2D eigenvalue weighted by Gasteiger charge is 2.29. The minimum atomic E-state index is -0.228. The Morgan fingerprint density at radius 1 is 0.846 bits per heavy atom. The van der Waals surface area contributed by atoms with E-state index in [9.17, 15) is 4.79 Å². The molecule has 2 aliphatic rings. The number of hydrogen-bond acceptors (Lipinski definition) is 3. The average Bonchev–Trinajstić information content (AvgIpc) is 3.22. The third-order valence-corrected chi connectivity index (χ3v) is 5.59. The first-order chi connectivity index (χ1) is 12.8. The first-order valence-electron chi connectivity index (χ1n) is 9.41. The van der Waals surface area contributed by atoms with Crippen LogP contribution in [0.5, 0.6) is 0 Å². The van der Waals surface area contributed by atoms with Crippen molar-refractivity contribution in [1.82, 2.24) is 0 Å². The predicted octanol–water partition coefficient (Wildman–Crippen LogP) is 4.67. The van der Waals surface area contributed by atoms with Crippen LogP contribution in [0.25, 0.3) is 22.5 Å². The number of rotatable bonds is 2. The van der Waals surface area contributed by atoms with Crippen molar-refractivity contribution in [3.63, 3.8) is 0 Å². The molecule has 1 fully saturated rings. The predicted molar refractivity (Wildman–Crippen MR) is 105 cm³/mol. The van der Waals surface area contributed by atoms with E-state index in [1.807, 2.05) is 36.4 Å². The Labute approximate surface area is 152 Å². The molecule has 2 aromatic carbocycles. The second kappa shape index (κ2) is 6.17. The van der Waals surface area contributed by atoms with Gasteiger partial charge in [0.1, 0.15) is 5.76 Å². The second-order valence-electron chi connectivity index (χ2n) is 7.14. The molecule has 1 aliphatic heterocycles. The molecule has 1 aromatic heterocycles. The lowest BCUT2D eigenvalue weighted by molar-refractivity contribution is 0.517. The Balaban J connectivity index is 1.82. The highest BCUT2D eigenvalue weighted by atomic mass is 16.4. The average molecular weight is 343 g/mol. The van der Waals surface area contributed by atoms with E-state index in [1.165, 1.54) is 24.0 Å². The van der Waals surface area contributed by atoms with Crippen molar-refractivity contribution in [1.29, 1.82) is 0 Å². The van der Waals surface area contributed by atoms with Gasteiger partial charge in [0.05, 0.1) is 11.3 Å². The van der Waals surface area contributed by atoms with Gasteiger partial charge in [0.15, 0.2) is 0 Å². The maximum absolute atomic E-state index is 13.1. The molecule has 0 atom stereocenters. The fourth-order valence-corrected chi connectivity index (χ4v) is 4.38. The van der Waals surface area contributed by atoms with Crippen molar-refractivity contribution in [3.05, 3.63) is 76.1 Å². The molecule has 2 heterocycles. The number of nitrogens with zero attached hydrogens (tertiary/aromatic N) is 1. The summed E-state index contributed by atoms with van der Waals surface area (Å²) in [6.45, 7) is 2.02. The quantitative estimate of drug-likeness (QED) is 0.678. The third-order valence-electron chi connectivity index (χ3n) is 5.59. The molecule has 1 aliphatic carbocycles. The Kier molecular flexibility index (Phi) is 3.66. The second-order valence-corrected chi connectivity index (χ2v) is 7.14. The van der Waals surface area contributed by atoms with E-state index in [-0.39, 0.29) is 5.63 Å². The lowest BCUT2D eigenvalue weighted by Gasteiger charge is -2.28. The van der Waals surface area contributed by atoms with Gasteiger partial charge in [-0.05, 0) is 36.8 Å². The van der Waals surface area contributed by atoms with E-state index in [0.29, 0.717) is 0 Å². The van der Waals surface area contributed by atoms with Gasteiger partial charge in [0.25, 0.3) is 0 Å². The summed E-state index contributed by atoms with van der Waals surface area (Å²) in [6.07, 6.45) is 4.27. The minimum absolute atomic E-state index is 0.228. The van der Waals surface area contributed by atoms with Crippen LogP contribution in [0.4, 0.5) is 5.69 Å². The lowest BCUT2D eigenvalue weighted by atomic mass is 9.87. The van der Waals surface area contributed by atoms with Gasteiger partial charge in [-0.1, -0.05) is 54.6 Å². The summed E-state index contributed by atoms with van der Waals surface area (Å²) in [4.78, 5) is 15.5. The van der Waals surface area contributed by atoms with Gasteiger partial charge < -0.3 is 9.32 Å². The smallest absolute Gasteiger partial charge is 0.346 e. The van der Waals surface area contributed by atoms with E-state index in [0.717, 1.165) is 54.1 Å². The Morgan fingerprint density at radius 2 is 1.58 bits per heavy atom. The van der Waals surface area contributed by atoms with E-state index in [4.69, 9.17) is 4.42 Å². The maximum Gasteiger partial charge on any atom is 0.346 e. The molecule has 26 heavy (non-hydrogen) atoms. The molecule has 0 bridgehead atoms. The normalized spacial score (nSPS) is 15.6. The summed E-state index contributed by atoms with van der Waals surface area (Å²) < 4.78 is 5.93. The standard InChI is InChI=1S/C23H21NO2/c25-23-20(17-9-2-1-3-10-17)21(24-14-6-7-15-24)19-13-12-16-8-4-5-11-18(16)22(19)26-23/h1-5,8-11H,6-7,12-15H2. The molecule has 0 radical (unpaired) electrons. The number of aryl methyl sites for hydroxylation is 1. The van der Waals surface area contributed by atoms with Crippen LogP contribution in [-0.2, 0) is 12.8 Å². The highest BCUT2D eigenvalue weighted by Crippen LogP contribution is 2.42. The maximum atomic E-state index is 13.1. The van der Waals surface area contributed by atoms with E-state index >= 15 is 0 Å². The fourth-order valence-electron chi connectivity index (χ4n) is 4.38. The number of benzene rings is 2. The van der Waals surface area contributed by atoms with Crippen molar-refractivity contribution in [2.75, 3.05) is 18.0 Å². The zero-order valence-corrected chi connectivity index (χ0v) is 14.7. The molecule has 3 heteroatoms. The van der Waals surface area contributed by atoms with Crippen LogP contribution in [0.15, 0.2) is 63.8 Å². The fraction of sp³-hybridized carbons (Fsp3) is 0.261. The minimum Gasteiger partial charge on any atom is -0.422 e. The molecular weight excluding hydrogens is 322 g/mol. The summed E-state index contributed by atoms with van der Waals surface area (Å²) >= 11 is 0. The van der Waals surface area contributed by atoms with Crippen LogP contribution in [0, 0.1) is 0 Å². The molecule has 3 aromatic rings. The van der Waals surface area contributed by atoms with Crippen LogP contribution in [-0.4, -0.2) is 13.1 Å². The van der Waals surface area contributed by atoms with Gasteiger partial charge in [0.2, 0.25) is 0 Å². The van der Waals surface area contributed by atoms with Crippen LogP contribution >= 0.6 is 0 Å². The molecule has 5 rings (SSSR count). The monoisotopic (exact) mass is 343 g/mol. The molecule has 0 saturated carbocycles. The molecule has 0 unspecified atom stereocenters. The molecule has 3 nitrogen and oxygen atoms in total. The lowest BCUT2D eigenvalue weighted by Crippen LogP contribution is -2.25. The zero-order valence-electron chi connectivity index (χ0n) is 14.7. The molecular formula is C23H21NO2. The highest BCUT2D eigenvalue weighted by molar-refractivity contribution is 5.85. The van der Waals surface area contributed by atoms with E-state index in [1.54, 1.807) is 0 Å². The summed E-state index contributed by atoms with van der Waals surface area (Å²) in [5, 5.41) is 0. The molecule has 130 valence electrons. The number of fused-ring (bicyclic) bond motifs is 3. The Hall–Kier alpha value is -2.81. The van der Waals surface area contributed by atoms with Gasteiger partial charge in [0, 0.05) is 24.2 Å². The SMILES string of the molecule is O=c1oc2c(c(N3CCCC3)c1-c1ccccc1)CCc1ccccc1-2. The van der Waals surface area contributed by atoms with Crippen molar-refractivity contribution in [3.8, 4) is 22.5 Å². The summed E-state index contributed by atoms with van der Waals surface area (Å²) in [5.74, 6) is 0.776. The van der Waals surface area contributed by atoms with Gasteiger partial charge in [-0.25, -0.2) is 4.79 Å². The first kappa shape index (κ1) is 15.4. The summed E-state index contributed by atoms with van der Waals surface area (Å²) in [5.41, 5.74) is 6.09. The number of anilines is 1. The summed E-state index contributed by atoms with van der Waals surface area (Å²) in [6, 6.07) is 18.3. The number of hydrogen-bond donors (Lipinski definition) is 0. The van der Waals surface area contributed by atoms with Crippen molar-refractivity contribution in [2.24, 2.45) is 0 Å². The van der Waals surface area contributed by atoms with E-state index < -0.39 is 0 Å². The van der Waals surface area contributed by atoms with Crippen LogP contribution in [0.2, 0.25) is 0 Å². The zero-order chi connectivity index (χ0) is 17.5. The molecule has 0 N–H and O–H groups in total. The van der Waals surface area contributed by atoms with Gasteiger partial charge in [-0.2, -0.15) is 0 Å². The topological polar surface area (TPSA) is 33.5 Å². The van der Waals surface area contributed by atoms with Crippen LogP contribution in [0.3, 0.4) is 0 Å². The van der Waals surface area contributed by atoms with E-state index in [2.05, 4.69) is 23.1 Å². The Bertz CT molecular complexity index is 1010.